The zero-order chi connectivity index (χ0) is 13.7. The van der Waals surface area contributed by atoms with Gasteiger partial charge in [-0.1, -0.05) is 11.6 Å². The Bertz CT molecular complexity index is 469. The number of aliphatic carboxylic acids is 1. The minimum absolute atomic E-state index is 0.0407. The van der Waals surface area contributed by atoms with Crippen molar-refractivity contribution in [3.05, 3.63) is 29.0 Å². The molecule has 1 aromatic rings. The molecule has 4 N–H and O–H groups in total. The first-order valence-electron chi connectivity index (χ1n) is 4.81. The predicted molar refractivity (Wildman–Crippen MR) is 62.1 cm³/mol. The van der Waals surface area contributed by atoms with Gasteiger partial charge in [-0.15, -0.1) is 0 Å². The quantitative estimate of drug-likeness (QED) is 0.660. The highest BCUT2D eigenvalue weighted by atomic mass is 35.5. The van der Waals surface area contributed by atoms with E-state index in [0.29, 0.717) is 0 Å². The van der Waals surface area contributed by atoms with Crippen LogP contribution in [0.3, 0.4) is 0 Å². The topological polar surface area (TPSA) is 98.7 Å². The average molecular weight is 277 g/mol. The van der Waals surface area contributed by atoms with E-state index >= 15 is 0 Å². The van der Waals surface area contributed by atoms with Crippen molar-refractivity contribution < 1.29 is 24.2 Å². The summed E-state index contributed by atoms with van der Waals surface area (Å²) in [5, 5.41) is 21.7. The zero-order valence-electron chi connectivity index (χ0n) is 8.98. The molecule has 0 radical (unpaired) electrons. The summed E-state index contributed by atoms with van der Waals surface area (Å²) in [6, 6.07) is 2.59. The summed E-state index contributed by atoms with van der Waals surface area (Å²) in [6.07, 6.45) is -1.71. The molecule has 98 valence electrons. The van der Waals surface area contributed by atoms with Gasteiger partial charge in [0.15, 0.2) is 6.10 Å². The van der Waals surface area contributed by atoms with Gasteiger partial charge in [-0.05, 0) is 18.2 Å². The van der Waals surface area contributed by atoms with Crippen LogP contribution in [0.5, 0.6) is 0 Å². The zero-order valence-corrected chi connectivity index (χ0v) is 9.74. The minimum atomic E-state index is -1.71. The van der Waals surface area contributed by atoms with Gasteiger partial charge in [-0.3, -0.25) is 0 Å². The third-order valence-electron chi connectivity index (χ3n) is 1.92. The molecule has 1 aromatic carbocycles. The van der Waals surface area contributed by atoms with Crippen LogP contribution in [0.2, 0.25) is 5.02 Å². The first kappa shape index (κ1) is 14.2. The van der Waals surface area contributed by atoms with Crippen molar-refractivity contribution in [2.45, 2.75) is 6.10 Å². The molecule has 0 heterocycles. The Kier molecular flexibility index (Phi) is 4.87. The first-order chi connectivity index (χ1) is 8.40. The van der Waals surface area contributed by atoms with Crippen LogP contribution in [0, 0.1) is 5.82 Å². The van der Waals surface area contributed by atoms with Crippen LogP contribution in [0.15, 0.2) is 18.2 Å². The molecule has 0 aliphatic carbocycles. The predicted octanol–water partition coefficient (Wildman–Crippen LogP) is 1.05. The Morgan fingerprint density at radius 3 is 2.72 bits per heavy atom. The average Bonchev–Trinajstić information content (AvgIpc) is 2.30. The van der Waals surface area contributed by atoms with E-state index in [-0.39, 0.29) is 10.7 Å². The number of urea groups is 1. The maximum atomic E-state index is 12.9. The van der Waals surface area contributed by atoms with Gasteiger partial charge in [0.1, 0.15) is 5.82 Å². The first-order valence-corrected chi connectivity index (χ1v) is 5.18. The normalized spacial score (nSPS) is 11.7. The number of nitrogens with one attached hydrogen (secondary N) is 2. The fourth-order valence-corrected chi connectivity index (χ4v) is 1.20. The van der Waals surface area contributed by atoms with Gasteiger partial charge in [-0.2, -0.15) is 0 Å². The number of aliphatic hydroxyl groups excluding tert-OH is 1. The fraction of sp³-hybridized carbons (Fsp3) is 0.200. The summed E-state index contributed by atoms with van der Waals surface area (Å²) >= 11 is 5.70. The molecule has 18 heavy (non-hydrogen) atoms. The number of carbonyl (C=O) groups is 2. The lowest BCUT2D eigenvalue weighted by molar-refractivity contribution is -0.146. The molecule has 1 unspecified atom stereocenters. The lowest BCUT2D eigenvalue weighted by atomic mass is 10.3. The van der Waals surface area contributed by atoms with Gasteiger partial charge in [-0.25, -0.2) is 14.0 Å². The molecule has 1 atom stereocenters. The van der Waals surface area contributed by atoms with E-state index in [0.717, 1.165) is 12.1 Å². The molecule has 0 aromatic heterocycles. The lowest BCUT2D eigenvalue weighted by Crippen LogP contribution is -2.38. The fourth-order valence-electron chi connectivity index (χ4n) is 1.04. The molecule has 6 nitrogen and oxygen atoms in total. The maximum absolute atomic E-state index is 12.9. The second-order valence-electron chi connectivity index (χ2n) is 3.31. The molecule has 0 fully saturated rings. The molecular formula is C10H10ClFN2O4. The molecule has 1 rings (SSSR count). The Morgan fingerprint density at radius 2 is 2.11 bits per heavy atom. The Hall–Kier alpha value is -1.86. The number of rotatable bonds is 4. The van der Waals surface area contributed by atoms with E-state index in [1.54, 1.807) is 0 Å². The van der Waals surface area contributed by atoms with Crippen molar-refractivity contribution >= 4 is 29.3 Å². The van der Waals surface area contributed by atoms with Crippen LogP contribution in [-0.2, 0) is 4.79 Å². The van der Waals surface area contributed by atoms with E-state index in [4.69, 9.17) is 21.8 Å². The molecule has 8 heteroatoms. The van der Waals surface area contributed by atoms with Crippen LogP contribution in [0.4, 0.5) is 14.9 Å². The van der Waals surface area contributed by atoms with Crippen LogP contribution < -0.4 is 10.6 Å². The monoisotopic (exact) mass is 276 g/mol. The number of benzene rings is 1. The van der Waals surface area contributed by atoms with Crippen molar-refractivity contribution in [1.82, 2.24) is 5.32 Å². The van der Waals surface area contributed by atoms with Gasteiger partial charge in [0.05, 0.1) is 17.3 Å². The Balaban J connectivity index is 2.54. The summed E-state index contributed by atoms with van der Waals surface area (Å²) in [4.78, 5) is 21.6. The standard InChI is InChI=1S/C10H10ClFN2O4/c11-6-2-1-5(12)3-7(6)14-10(18)13-4-8(15)9(16)17/h1-3,8,15H,4H2,(H,16,17)(H2,13,14,18). The highest BCUT2D eigenvalue weighted by Crippen LogP contribution is 2.22. The largest absolute Gasteiger partial charge is 0.479 e. The molecule has 0 spiro atoms. The third-order valence-corrected chi connectivity index (χ3v) is 2.25. The SMILES string of the molecule is O=C(NCC(O)C(=O)O)Nc1cc(F)ccc1Cl. The number of aliphatic hydroxyl groups is 1. The minimum Gasteiger partial charge on any atom is -0.479 e. The smallest absolute Gasteiger partial charge is 0.334 e. The molecular weight excluding hydrogens is 267 g/mol. The second-order valence-corrected chi connectivity index (χ2v) is 3.72. The van der Waals surface area contributed by atoms with Crippen LogP contribution in [0.25, 0.3) is 0 Å². The van der Waals surface area contributed by atoms with Crippen LogP contribution in [-0.4, -0.2) is 34.9 Å². The third kappa shape index (κ3) is 4.19. The second kappa shape index (κ2) is 6.18. The number of hydrogen-bond donors (Lipinski definition) is 4. The number of carboxylic acid groups (broad SMARTS) is 1. The van der Waals surface area contributed by atoms with E-state index in [9.17, 15) is 14.0 Å². The van der Waals surface area contributed by atoms with E-state index in [1.807, 2.05) is 0 Å². The number of amides is 2. The van der Waals surface area contributed by atoms with Crippen LogP contribution >= 0.6 is 11.6 Å². The van der Waals surface area contributed by atoms with Crippen molar-refractivity contribution in [2.24, 2.45) is 0 Å². The molecule has 2 amide bonds. The number of anilines is 1. The van der Waals surface area contributed by atoms with Gasteiger partial charge in [0.25, 0.3) is 0 Å². The number of carbonyl (C=O) groups excluding carboxylic acids is 1. The molecule has 0 bridgehead atoms. The summed E-state index contributed by atoms with van der Waals surface area (Å²) in [5.74, 6) is -2.04. The van der Waals surface area contributed by atoms with Crippen LogP contribution in [0.1, 0.15) is 0 Å². The van der Waals surface area contributed by atoms with E-state index < -0.39 is 30.5 Å². The summed E-state index contributed by atoms with van der Waals surface area (Å²) in [6.45, 7) is -0.478. The number of carboxylic acids is 1. The summed E-state index contributed by atoms with van der Waals surface area (Å²) in [5.41, 5.74) is 0.0407. The number of hydrogen-bond acceptors (Lipinski definition) is 3. The molecule has 0 saturated carbocycles. The van der Waals surface area contributed by atoms with Gasteiger partial charge in [0.2, 0.25) is 0 Å². The summed E-state index contributed by atoms with van der Waals surface area (Å²) < 4.78 is 12.9. The lowest BCUT2D eigenvalue weighted by Gasteiger charge is -2.10. The highest BCUT2D eigenvalue weighted by Gasteiger charge is 2.14. The van der Waals surface area contributed by atoms with Crippen molar-refractivity contribution in [3.63, 3.8) is 0 Å². The van der Waals surface area contributed by atoms with Gasteiger partial charge < -0.3 is 20.8 Å². The molecule has 0 aliphatic rings. The molecule has 0 aliphatic heterocycles. The highest BCUT2D eigenvalue weighted by molar-refractivity contribution is 6.33. The van der Waals surface area contributed by atoms with Crippen molar-refractivity contribution in [2.75, 3.05) is 11.9 Å². The Labute approximate surface area is 106 Å². The van der Waals surface area contributed by atoms with Gasteiger partial charge >= 0.3 is 12.0 Å². The van der Waals surface area contributed by atoms with Crippen molar-refractivity contribution in [1.29, 1.82) is 0 Å². The maximum Gasteiger partial charge on any atom is 0.334 e. The van der Waals surface area contributed by atoms with Crippen molar-refractivity contribution in [3.8, 4) is 0 Å². The van der Waals surface area contributed by atoms with E-state index in [2.05, 4.69) is 10.6 Å². The summed E-state index contributed by atoms with van der Waals surface area (Å²) in [7, 11) is 0. The molecule has 0 saturated heterocycles. The van der Waals surface area contributed by atoms with E-state index in [1.165, 1.54) is 6.07 Å². The number of halogens is 2. The Morgan fingerprint density at radius 1 is 1.44 bits per heavy atom. The van der Waals surface area contributed by atoms with Gasteiger partial charge in [0, 0.05) is 0 Å².